The zero-order valence-electron chi connectivity index (χ0n) is 8.69. The molecule has 3 rings (SSSR count). The van der Waals surface area contributed by atoms with E-state index >= 15 is 0 Å². The normalized spacial score (nSPS) is 16.9. The van der Waals surface area contributed by atoms with Crippen LogP contribution in [0, 0.1) is 12.8 Å². The Bertz CT molecular complexity index is 485. The molecule has 1 aromatic carbocycles. The van der Waals surface area contributed by atoms with E-state index in [1.807, 2.05) is 13.0 Å². The average Bonchev–Trinajstić information content (AvgIpc) is 2.50. The molecule has 0 unspecified atom stereocenters. The summed E-state index contributed by atoms with van der Waals surface area (Å²) in [6, 6.07) is 6.25. The van der Waals surface area contributed by atoms with Crippen LogP contribution in [0.25, 0.3) is 11.1 Å². The highest BCUT2D eigenvalue weighted by atomic mass is 16.5. The van der Waals surface area contributed by atoms with Gasteiger partial charge in [-0.1, -0.05) is 6.07 Å². The lowest BCUT2D eigenvalue weighted by Gasteiger charge is -2.25. The molecule has 0 saturated carbocycles. The average molecular weight is 203 g/mol. The lowest BCUT2D eigenvalue weighted by atomic mass is 9.98. The third kappa shape index (κ3) is 1.63. The number of nitrogens with zero attached hydrogens (tertiary/aromatic N) is 1. The summed E-state index contributed by atoms with van der Waals surface area (Å²) in [7, 11) is 0. The second-order valence-electron chi connectivity index (χ2n) is 4.14. The van der Waals surface area contributed by atoms with Crippen molar-refractivity contribution >= 4 is 11.1 Å². The number of fused-ring (bicyclic) bond motifs is 1. The Morgan fingerprint density at radius 1 is 1.40 bits per heavy atom. The third-order valence-electron chi connectivity index (χ3n) is 2.79. The first-order chi connectivity index (χ1) is 7.31. The van der Waals surface area contributed by atoms with Crippen LogP contribution in [-0.4, -0.2) is 18.2 Å². The van der Waals surface area contributed by atoms with Crippen molar-refractivity contribution in [2.75, 3.05) is 13.2 Å². The van der Waals surface area contributed by atoms with Gasteiger partial charge in [-0.3, -0.25) is 0 Å². The van der Waals surface area contributed by atoms with Crippen molar-refractivity contribution in [2.45, 2.75) is 13.3 Å². The zero-order valence-corrected chi connectivity index (χ0v) is 8.69. The molecule has 1 aromatic heterocycles. The lowest BCUT2D eigenvalue weighted by molar-refractivity contribution is -0.0312. The van der Waals surface area contributed by atoms with Gasteiger partial charge in [-0.25, -0.2) is 4.98 Å². The molecule has 1 fully saturated rings. The third-order valence-corrected chi connectivity index (χ3v) is 2.79. The first-order valence-electron chi connectivity index (χ1n) is 5.25. The van der Waals surface area contributed by atoms with Gasteiger partial charge in [0, 0.05) is 12.8 Å². The number of aromatic nitrogens is 1. The minimum absolute atomic E-state index is 0.687. The van der Waals surface area contributed by atoms with Crippen LogP contribution >= 0.6 is 0 Å². The van der Waals surface area contributed by atoms with E-state index in [0.29, 0.717) is 5.92 Å². The van der Waals surface area contributed by atoms with Gasteiger partial charge in [0.15, 0.2) is 11.5 Å². The van der Waals surface area contributed by atoms with Crippen molar-refractivity contribution in [2.24, 2.45) is 5.92 Å². The van der Waals surface area contributed by atoms with Crippen LogP contribution in [0.15, 0.2) is 22.6 Å². The number of aryl methyl sites for hydroxylation is 1. The van der Waals surface area contributed by atoms with Gasteiger partial charge < -0.3 is 9.15 Å². The number of oxazole rings is 1. The molecule has 0 radical (unpaired) electrons. The number of ether oxygens (including phenoxy) is 1. The monoisotopic (exact) mass is 203 g/mol. The molecule has 0 amide bonds. The van der Waals surface area contributed by atoms with E-state index in [1.165, 1.54) is 5.56 Å². The van der Waals surface area contributed by atoms with Crippen LogP contribution in [0.3, 0.4) is 0 Å². The van der Waals surface area contributed by atoms with Crippen LogP contribution in [0.5, 0.6) is 0 Å². The van der Waals surface area contributed by atoms with Gasteiger partial charge in [0.1, 0.15) is 5.52 Å². The van der Waals surface area contributed by atoms with Crippen LogP contribution in [0.4, 0.5) is 0 Å². The second-order valence-corrected chi connectivity index (χ2v) is 4.14. The van der Waals surface area contributed by atoms with Gasteiger partial charge in [-0.2, -0.15) is 0 Å². The van der Waals surface area contributed by atoms with E-state index in [-0.39, 0.29) is 0 Å². The fraction of sp³-hybridized carbons (Fsp3) is 0.417. The summed E-state index contributed by atoms with van der Waals surface area (Å²) < 4.78 is 10.7. The Morgan fingerprint density at radius 3 is 3.00 bits per heavy atom. The minimum atomic E-state index is 0.687. The van der Waals surface area contributed by atoms with Crippen LogP contribution in [0.2, 0.25) is 0 Å². The maximum absolute atomic E-state index is 5.50. The van der Waals surface area contributed by atoms with Crippen molar-refractivity contribution in [1.29, 1.82) is 0 Å². The van der Waals surface area contributed by atoms with Gasteiger partial charge in [0.2, 0.25) is 0 Å². The highest BCUT2D eigenvalue weighted by molar-refractivity contribution is 5.73. The Morgan fingerprint density at radius 2 is 2.27 bits per heavy atom. The van der Waals surface area contributed by atoms with Crippen molar-refractivity contribution in [3.8, 4) is 0 Å². The molecule has 1 saturated heterocycles. The van der Waals surface area contributed by atoms with Crippen molar-refractivity contribution in [3.63, 3.8) is 0 Å². The first-order valence-corrected chi connectivity index (χ1v) is 5.25. The standard InChI is InChI=1S/C12H13NO2/c1-8-13-11-3-2-9(5-12(11)15-8)4-10-6-14-7-10/h2-3,5,10H,4,6-7H2,1H3. The summed E-state index contributed by atoms with van der Waals surface area (Å²) >= 11 is 0. The van der Waals surface area contributed by atoms with Crippen LogP contribution < -0.4 is 0 Å². The maximum atomic E-state index is 5.50. The van der Waals surface area contributed by atoms with Crippen molar-refractivity contribution in [3.05, 3.63) is 29.7 Å². The van der Waals surface area contributed by atoms with Gasteiger partial charge >= 0.3 is 0 Å². The predicted molar refractivity (Wildman–Crippen MR) is 56.8 cm³/mol. The SMILES string of the molecule is Cc1nc2ccc(CC3COC3)cc2o1. The molecule has 1 aliphatic heterocycles. The Labute approximate surface area is 88.1 Å². The van der Waals surface area contributed by atoms with Gasteiger partial charge in [0.05, 0.1) is 13.2 Å². The molecule has 2 aromatic rings. The summed E-state index contributed by atoms with van der Waals surface area (Å²) in [5.41, 5.74) is 3.15. The van der Waals surface area contributed by atoms with Crippen molar-refractivity contribution < 1.29 is 9.15 Å². The summed E-state index contributed by atoms with van der Waals surface area (Å²) in [4.78, 5) is 4.28. The number of hydrogen-bond donors (Lipinski definition) is 0. The Kier molecular flexibility index (Phi) is 1.99. The van der Waals surface area contributed by atoms with Gasteiger partial charge in [0.25, 0.3) is 0 Å². The molecule has 0 atom stereocenters. The highest BCUT2D eigenvalue weighted by Gasteiger charge is 2.18. The molecule has 2 heterocycles. The first kappa shape index (κ1) is 8.92. The number of benzene rings is 1. The molecule has 0 spiro atoms. The van der Waals surface area contributed by atoms with E-state index in [0.717, 1.165) is 36.6 Å². The summed E-state index contributed by atoms with van der Waals surface area (Å²) in [6.07, 6.45) is 1.08. The number of hydrogen-bond acceptors (Lipinski definition) is 3. The smallest absolute Gasteiger partial charge is 0.192 e. The molecule has 0 bridgehead atoms. The van der Waals surface area contributed by atoms with E-state index in [4.69, 9.17) is 9.15 Å². The van der Waals surface area contributed by atoms with E-state index in [2.05, 4.69) is 17.1 Å². The van der Waals surface area contributed by atoms with Crippen LogP contribution in [0.1, 0.15) is 11.5 Å². The predicted octanol–water partition coefficient (Wildman–Crippen LogP) is 2.33. The van der Waals surface area contributed by atoms with Gasteiger partial charge in [-0.05, 0) is 24.1 Å². The van der Waals surface area contributed by atoms with E-state index in [9.17, 15) is 0 Å². The minimum Gasteiger partial charge on any atom is -0.441 e. The molecule has 0 N–H and O–H groups in total. The molecule has 3 nitrogen and oxygen atoms in total. The fourth-order valence-electron chi connectivity index (χ4n) is 1.95. The van der Waals surface area contributed by atoms with Crippen molar-refractivity contribution in [1.82, 2.24) is 4.98 Å². The summed E-state index contributed by atoms with van der Waals surface area (Å²) in [6.45, 7) is 3.67. The Balaban J connectivity index is 1.90. The molecule has 1 aliphatic rings. The zero-order chi connectivity index (χ0) is 10.3. The molecule has 3 heteroatoms. The molecule has 15 heavy (non-hydrogen) atoms. The second kappa shape index (κ2) is 3.35. The maximum Gasteiger partial charge on any atom is 0.192 e. The largest absolute Gasteiger partial charge is 0.441 e. The van der Waals surface area contributed by atoms with E-state index in [1.54, 1.807) is 0 Å². The molecular formula is C12H13NO2. The fourth-order valence-corrected chi connectivity index (χ4v) is 1.95. The summed E-state index contributed by atoms with van der Waals surface area (Å²) in [5.74, 6) is 1.42. The Hall–Kier alpha value is -1.35. The topological polar surface area (TPSA) is 35.3 Å². The van der Waals surface area contributed by atoms with Crippen LogP contribution in [-0.2, 0) is 11.2 Å². The quantitative estimate of drug-likeness (QED) is 0.751. The van der Waals surface area contributed by atoms with E-state index < -0.39 is 0 Å². The molecule has 78 valence electrons. The molecular weight excluding hydrogens is 190 g/mol. The number of rotatable bonds is 2. The van der Waals surface area contributed by atoms with Gasteiger partial charge in [-0.15, -0.1) is 0 Å². The lowest BCUT2D eigenvalue weighted by Crippen LogP contribution is -2.29. The summed E-state index contributed by atoms with van der Waals surface area (Å²) in [5, 5.41) is 0. The highest BCUT2D eigenvalue weighted by Crippen LogP contribution is 2.21. The molecule has 0 aliphatic carbocycles.